The number of rotatable bonds is 2. The van der Waals surface area contributed by atoms with Gasteiger partial charge in [0.1, 0.15) is 0 Å². The molecule has 0 atom stereocenters. The van der Waals surface area contributed by atoms with Gasteiger partial charge in [-0.1, -0.05) is 172 Å². The quantitative estimate of drug-likeness (QED) is 0.160. The first-order chi connectivity index (χ1) is 30.0. The lowest BCUT2D eigenvalue weighted by molar-refractivity contribution is 0.664. The normalized spacial score (nSPS) is 14.7. The fraction of sp³-hybridized carbons (Fsp3) is 0.0678. The summed E-state index contributed by atoms with van der Waals surface area (Å²) < 4.78 is 2.52. The first-order valence-corrected chi connectivity index (χ1v) is 21.5. The number of aromatic nitrogens is 2. The molecule has 9 aromatic carbocycles. The molecule has 0 N–H and O–H groups in total. The number of nitrogens with zero attached hydrogens (tertiary/aromatic N) is 2. The first kappa shape index (κ1) is 33.3. The zero-order chi connectivity index (χ0) is 40.2. The topological polar surface area (TPSA) is 17.8 Å². The Labute approximate surface area is 354 Å². The molecular weight excluding hydrogens is 737 g/mol. The predicted octanol–water partition coefficient (Wildman–Crippen LogP) is 14.8. The largest absolute Gasteiger partial charge is 0.309 e. The molecule has 3 aliphatic carbocycles. The molecule has 14 rings (SSSR count). The van der Waals surface area contributed by atoms with E-state index in [0.29, 0.717) is 0 Å². The van der Waals surface area contributed by atoms with Crippen LogP contribution in [0.25, 0.3) is 93.8 Å². The van der Waals surface area contributed by atoms with Gasteiger partial charge in [0.15, 0.2) is 0 Å². The summed E-state index contributed by atoms with van der Waals surface area (Å²) in [6.07, 6.45) is 0. The fourth-order valence-electron chi connectivity index (χ4n) is 12.1. The molecule has 2 heterocycles. The van der Waals surface area contributed by atoms with Gasteiger partial charge in [0, 0.05) is 38.2 Å². The van der Waals surface area contributed by atoms with E-state index in [4.69, 9.17) is 4.98 Å². The van der Waals surface area contributed by atoms with E-state index in [1.54, 1.807) is 0 Å². The van der Waals surface area contributed by atoms with E-state index in [1.807, 2.05) is 0 Å². The minimum atomic E-state index is -0.415. The van der Waals surface area contributed by atoms with Crippen molar-refractivity contribution in [1.82, 2.24) is 9.55 Å². The molecule has 2 heteroatoms. The molecule has 0 radical (unpaired) electrons. The summed E-state index contributed by atoms with van der Waals surface area (Å²) in [4.78, 5) is 5.56. The van der Waals surface area contributed by atoms with Crippen LogP contribution in [0.4, 0.5) is 0 Å². The van der Waals surface area contributed by atoms with Gasteiger partial charge in [-0.05, 0) is 109 Å². The van der Waals surface area contributed by atoms with Crippen LogP contribution in [0.3, 0.4) is 0 Å². The van der Waals surface area contributed by atoms with Crippen molar-refractivity contribution in [3.8, 4) is 50.3 Å². The Morgan fingerprint density at radius 1 is 0.393 bits per heavy atom. The molecule has 0 saturated heterocycles. The molecule has 1 spiro atoms. The molecule has 0 bridgehead atoms. The molecule has 0 fully saturated rings. The molecular formula is C59H38N2. The van der Waals surface area contributed by atoms with Crippen LogP contribution < -0.4 is 0 Å². The monoisotopic (exact) mass is 774 g/mol. The third-order valence-electron chi connectivity index (χ3n) is 14.5. The van der Waals surface area contributed by atoms with Gasteiger partial charge in [-0.2, -0.15) is 0 Å². The molecule has 3 aliphatic rings. The van der Waals surface area contributed by atoms with Crippen LogP contribution >= 0.6 is 0 Å². The van der Waals surface area contributed by atoms with Gasteiger partial charge in [-0.25, -0.2) is 4.98 Å². The number of pyridine rings is 1. The number of para-hydroxylation sites is 2. The summed E-state index contributed by atoms with van der Waals surface area (Å²) in [6.45, 7) is 4.79. The van der Waals surface area contributed by atoms with Crippen LogP contribution in [0.15, 0.2) is 194 Å². The van der Waals surface area contributed by atoms with E-state index in [-0.39, 0.29) is 5.41 Å². The van der Waals surface area contributed by atoms with Gasteiger partial charge >= 0.3 is 0 Å². The predicted molar refractivity (Wildman–Crippen MR) is 253 cm³/mol. The second-order valence-corrected chi connectivity index (χ2v) is 17.8. The van der Waals surface area contributed by atoms with E-state index in [0.717, 1.165) is 22.5 Å². The van der Waals surface area contributed by atoms with Crippen molar-refractivity contribution in [2.45, 2.75) is 24.7 Å². The standard InChI is InChI=1S/C59H38N2/c1-58(2)48-24-9-3-20-39(48)43-30-31-44-42-23-8-14-29-54(42)61(57(44)55(43)58)36-17-15-16-35(32-36)56-47-33-46-40-21-6-12-27-51(40)59(52(46)34-45(47)41-22-7-13-28-53(41)60-56)49-25-10-4-18-37(49)38-19-5-11-26-50(38)59/h3-34H,1-2H3. The van der Waals surface area contributed by atoms with Crippen molar-refractivity contribution in [2.24, 2.45) is 0 Å². The number of benzene rings is 9. The van der Waals surface area contributed by atoms with Gasteiger partial charge in [-0.3, -0.25) is 0 Å². The maximum Gasteiger partial charge on any atom is 0.0789 e. The van der Waals surface area contributed by atoms with Crippen LogP contribution in [-0.2, 0) is 10.8 Å². The van der Waals surface area contributed by atoms with Gasteiger partial charge in [0.2, 0.25) is 0 Å². The van der Waals surface area contributed by atoms with Crippen molar-refractivity contribution >= 4 is 43.5 Å². The van der Waals surface area contributed by atoms with E-state index in [2.05, 4.69) is 213 Å². The smallest absolute Gasteiger partial charge is 0.0789 e. The Hall–Kier alpha value is -7.55. The van der Waals surface area contributed by atoms with Crippen molar-refractivity contribution in [1.29, 1.82) is 0 Å². The average molecular weight is 775 g/mol. The number of hydrogen-bond donors (Lipinski definition) is 0. The maximum absolute atomic E-state index is 5.56. The van der Waals surface area contributed by atoms with Crippen LogP contribution in [-0.4, -0.2) is 9.55 Å². The second kappa shape index (κ2) is 11.6. The zero-order valence-electron chi connectivity index (χ0n) is 33.9. The summed E-state index contributed by atoms with van der Waals surface area (Å²) in [5, 5.41) is 6.12. The molecule has 0 amide bonds. The summed E-state index contributed by atoms with van der Waals surface area (Å²) in [6, 6.07) is 72.6. The summed E-state index contributed by atoms with van der Waals surface area (Å²) in [5.74, 6) is 0. The Bertz CT molecular complexity index is 3700. The lowest BCUT2D eigenvalue weighted by Crippen LogP contribution is -2.25. The number of fused-ring (bicyclic) bond motifs is 20. The minimum Gasteiger partial charge on any atom is -0.309 e. The number of hydrogen-bond acceptors (Lipinski definition) is 1. The fourth-order valence-corrected chi connectivity index (χ4v) is 12.1. The zero-order valence-corrected chi connectivity index (χ0v) is 33.9. The molecule has 0 unspecified atom stereocenters. The Morgan fingerprint density at radius 3 is 1.70 bits per heavy atom. The van der Waals surface area contributed by atoms with Crippen LogP contribution in [0.2, 0.25) is 0 Å². The van der Waals surface area contributed by atoms with E-state index >= 15 is 0 Å². The van der Waals surface area contributed by atoms with E-state index in [1.165, 1.54) is 105 Å². The molecule has 2 nitrogen and oxygen atoms in total. The first-order valence-electron chi connectivity index (χ1n) is 21.5. The highest BCUT2D eigenvalue weighted by atomic mass is 15.0. The van der Waals surface area contributed by atoms with Gasteiger partial charge in [-0.15, -0.1) is 0 Å². The third-order valence-corrected chi connectivity index (χ3v) is 14.5. The van der Waals surface area contributed by atoms with Crippen molar-refractivity contribution in [3.63, 3.8) is 0 Å². The maximum atomic E-state index is 5.56. The van der Waals surface area contributed by atoms with Crippen molar-refractivity contribution in [3.05, 3.63) is 228 Å². The Balaban J connectivity index is 1.06. The van der Waals surface area contributed by atoms with Gasteiger partial charge in [0.25, 0.3) is 0 Å². The molecule has 11 aromatic rings. The highest BCUT2D eigenvalue weighted by molar-refractivity contribution is 6.15. The minimum absolute atomic E-state index is 0.167. The molecule has 0 saturated carbocycles. The molecule has 2 aromatic heterocycles. The third kappa shape index (κ3) is 4.05. The lowest BCUT2D eigenvalue weighted by atomic mass is 9.70. The second-order valence-electron chi connectivity index (χ2n) is 17.8. The molecule has 284 valence electrons. The van der Waals surface area contributed by atoms with E-state index < -0.39 is 5.41 Å². The lowest BCUT2D eigenvalue weighted by Gasteiger charge is -2.30. The average Bonchev–Trinajstić information content (AvgIpc) is 3.98. The van der Waals surface area contributed by atoms with Crippen LogP contribution in [0.5, 0.6) is 0 Å². The van der Waals surface area contributed by atoms with Crippen molar-refractivity contribution < 1.29 is 0 Å². The van der Waals surface area contributed by atoms with Crippen molar-refractivity contribution in [2.75, 3.05) is 0 Å². The van der Waals surface area contributed by atoms with Gasteiger partial charge in [0.05, 0.1) is 27.7 Å². The molecule has 0 aliphatic heterocycles. The molecule has 61 heavy (non-hydrogen) atoms. The van der Waals surface area contributed by atoms with Crippen LogP contribution in [0.1, 0.15) is 47.2 Å². The summed E-state index contributed by atoms with van der Waals surface area (Å²) >= 11 is 0. The van der Waals surface area contributed by atoms with E-state index in [9.17, 15) is 0 Å². The summed E-state index contributed by atoms with van der Waals surface area (Å²) in [7, 11) is 0. The highest BCUT2D eigenvalue weighted by Crippen LogP contribution is 2.63. The summed E-state index contributed by atoms with van der Waals surface area (Å²) in [5.41, 5.74) is 22.2. The Morgan fingerprint density at radius 2 is 0.984 bits per heavy atom. The van der Waals surface area contributed by atoms with Crippen LogP contribution in [0, 0.1) is 0 Å². The highest BCUT2D eigenvalue weighted by Gasteiger charge is 2.51. The Kier molecular flexibility index (Phi) is 6.33. The SMILES string of the molecule is CC1(C)c2ccccc2-c2ccc3c4ccccc4n(-c4cccc(-c5nc6ccccc6c6cc7c(cc56)-c5ccccc5C75c6ccccc6-c6ccccc65)c4)c3c21. The van der Waals surface area contributed by atoms with Gasteiger partial charge < -0.3 is 4.57 Å².